The lowest BCUT2D eigenvalue weighted by Crippen LogP contribution is -2.53. The molecule has 1 aromatic carbocycles. The van der Waals surface area contributed by atoms with Crippen molar-refractivity contribution in [3.05, 3.63) is 78.4 Å². The zero-order valence-electron chi connectivity index (χ0n) is 17.9. The molecule has 33 heavy (non-hydrogen) atoms. The molecule has 1 aliphatic rings. The number of hydrogen-bond acceptors (Lipinski definition) is 7. The lowest BCUT2D eigenvalue weighted by molar-refractivity contribution is -0.0714. The highest BCUT2D eigenvalue weighted by atomic mass is 19.1. The second kappa shape index (κ2) is 8.41. The van der Waals surface area contributed by atoms with Crippen LogP contribution >= 0.6 is 0 Å². The van der Waals surface area contributed by atoms with Crippen LogP contribution in [-0.4, -0.2) is 57.1 Å². The first-order chi connectivity index (χ1) is 15.9. The Kier molecular flexibility index (Phi) is 5.43. The first kappa shape index (κ1) is 21.3. The summed E-state index contributed by atoms with van der Waals surface area (Å²) >= 11 is 0. The van der Waals surface area contributed by atoms with Crippen LogP contribution in [0.5, 0.6) is 0 Å². The third-order valence-electron chi connectivity index (χ3n) is 6.12. The van der Waals surface area contributed by atoms with E-state index in [0.717, 1.165) is 23.5 Å². The summed E-state index contributed by atoms with van der Waals surface area (Å²) in [5, 5.41) is 20.5. The number of fused-ring (bicyclic) bond motifs is 1. The predicted octanol–water partition coefficient (Wildman–Crippen LogP) is 2.00. The molecule has 0 fully saturated rings. The molecule has 0 unspecified atom stereocenters. The molecule has 0 amide bonds. The molecular formula is C22H22F2N8O. The van der Waals surface area contributed by atoms with E-state index >= 15 is 0 Å². The summed E-state index contributed by atoms with van der Waals surface area (Å²) in [6, 6.07) is 6.36. The zero-order valence-corrected chi connectivity index (χ0v) is 17.9. The summed E-state index contributed by atoms with van der Waals surface area (Å²) < 4.78 is 31.7. The summed E-state index contributed by atoms with van der Waals surface area (Å²) in [4.78, 5) is 14.7. The second-order valence-corrected chi connectivity index (χ2v) is 8.10. The number of aliphatic hydroxyl groups is 1. The summed E-state index contributed by atoms with van der Waals surface area (Å²) in [7, 11) is 0. The Morgan fingerprint density at radius 3 is 2.79 bits per heavy atom. The van der Waals surface area contributed by atoms with Gasteiger partial charge >= 0.3 is 0 Å². The van der Waals surface area contributed by atoms with Gasteiger partial charge in [0.1, 0.15) is 35.7 Å². The van der Waals surface area contributed by atoms with Crippen molar-refractivity contribution in [2.75, 3.05) is 6.54 Å². The van der Waals surface area contributed by atoms with Crippen molar-refractivity contribution < 1.29 is 13.9 Å². The smallest absolute Gasteiger partial charge is 0.182 e. The molecule has 3 aromatic heterocycles. The number of pyridine rings is 1. The fraction of sp³-hybridized carbons (Fsp3) is 0.318. The van der Waals surface area contributed by atoms with Crippen LogP contribution in [0, 0.1) is 11.6 Å². The van der Waals surface area contributed by atoms with Crippen molar-refractivity contribution >= 4 is 0 Å². The third kappa shape index (κ3) is 4.00. The van der Waals surface area contributed by atoms with E-state index in [1.165, 1.54) is 23.4 Å². The summed E-state index contributed by atoms with van der Waals surface area (Å²) in [6.07, 6.45) is 6.19. The van der Waals surface area contributed by atoms with Crippen molar-refractivity contribution in [3.8, 4) is 11.4 Å². The number of halogens is 2. The van der Waals surface area contributed by atoms with Gasteiger partial charge < -0.3 is 5.11 Å². The van der Waals surface area contributed by atoms with E-state index in [9.17, 15) is 13.9 Å². The highest BCUT2D eigenvalue weighted by Crippen LogP contribution is 2.34. The van der Waals surface area contributed by atoms with Crippen LogP contribution in [0.25, 0.3) is 11.4 Å². The van der Waals surface area contributed by atoms with Crippen molar-refractivity contribution in [2.45, 2.75) is 38.2 Å². The fourth-order valence-corrected chi connectivity index (χ4v) is 4.25. The van der Waals surface area contributed by atoms with Crippen LogP contribution < -0.4 is 0 Å². The zero-order chi connectivity index (χ0) is 23.0. The fourth-order valence-electron chi connectivity index (χ4n) is 4.25. The van der Waals surface area contributed by atoms with Crippen molar-refractivity contribution in [2.24, 2.45) is 0 Å². The van der Waals surface area contributed by atoms with Gasteiger partial charge in [-0.2, -0.15) is 10.2 Å². The van der Waals surface area contributed by atoms with Crippen molar-refractivity contribution in [1.82, 2.24) is 39.4 Å². The maximum absolute atomic E-state index is 14.8. The minimum absolute atomic E-state index is 0.00464. The topological polar surface area (TPSA) is 97.8 Å². The van der Waals surface area contributed by atoms with E-state index in [1.807, 2.05) is 28.6 Å². The minimum atomic E-state index is -1.71. The van der Waals surface area contributed by atoms with Crippen LogP contribution in [0.4, 0.5) is 8.78 Å². The number of aromatic nitrogens is 7. The van der Waals surface area contributed by atoms with Crippen LogP contribution in [0.2, 0.25) is 0 Å². The average molecular weight is 452 g/mol. The molecular weight excluding hydrogens is 430 g/mol. The van der Waals surface area contributed by atoms with Gasteiger partial charge in [0.25, 0.3) is 0 Å². The standard InChI is InChI=1S/C22H22F2N8O/c1-15(22(33,12-31-14-26-13-27-31)18-5-4-17(23)9-19(18)24)30-7-8-32-20(11-30)28-21(29-32)16-3-2-6-25-10-16/h2-6,9-10,13-15,33H,7-8,11-12H2,1H3/t15-,22-/m1/s1. The number of hydrogen-bond donors (Lipinski definition) is 1. The minimum Gasteiger partial charge on any atom is -0.381 e. The van der Waals surface area contributed by atoms with Gasteiger partial charge in [0, 0.05) is 42.2 Å². The molecule has 0 saturated carbocycles. The first-order valence-corrected chi connectivity index (χ1v) is 10.5. The molecule has 1 aliphatic heterocycles. The van der Waals surface area contributed by atoms with Gasteiger partial charge in [0.15, 0.2) is 5.82 Å². The molecule has 2 atom stereocenters. The molecule has 5 rings (SSSR count). The monoisotopic (exact) mass is 452 g/mol. The normalized spacial score (nSPS) is 16.8. The van der Waals surface area contributed by atoms with E-state index in [0.29, 0.717) is 25.5 Å². The van der Waals surface area contributed by atoms with Crippen molar-refractivity contribution in [1.29, 1.82) is 0 Å². The van der Waals surface area contributed by atoms with E-state index in [-0.39, 0.29) is 12.1 Å². The molecule has 4 heterocycles. The molecule has 170 valence electrons. The Bertz CT molecular complexity index is 1250. The highest BCUT2D eigenvalue weighted by Gasteiger charge is 2.43. The summed E-state index contributed by atoms with van der Waals surface area (Å²) in [6.45, 7) is 3.27. The molecule has 11 heteroatoms. The van der Waals surface area contributed by atoms with E-state index in [2.05, 4.69) is 25.1 Å². The summed E-state index contributed by atoms with van der Waals surface area (Å²) in [5.74, 6) is -0.214. The van der Waals surface area contributed by atoms with E-state index in [1.54, 1.807) is 12.4 Å². The molecule has 0 aliphatic carbocycles. The Morgan fingerprint density at radius 2 is 2.06 bits per heavy atom. The summed E-state index contributed by atoms with van der Waals surface area (Å²) in [5.41, 5.74) is -0.898. The van der Waals surface area contributed by atoms with Crippen molar-refractivity contribution in [3.63, 3.8) is 0 Å². The quantitative estimate of drug-likeness (QED) is 0.478. The average Bonchev–Trinajstić information content (AvgIpc) is 3.48. The van der Waals surface area contributed by atoms with Gasteiger partial charge in [-0.1, -0.05) is 6.07 Å². The van der Waals surface area contributed by atoms with Gasteiger partial charge in [0.05, 0.1) is 19.6 Å². The Hall–Kier alpha value is -3.57. The lowest BCUT2D eigenvalue weighted by Gasteiger charge is -2.42. The molecule has 4 aromatic rings. The number of rotatable bonds is 6. The Balaban J connectivity index is 1.46. The Labute approximate surface area is 188 Å². The van der Waals surface area contributed by atoms with Gasteiger partial charge in [-0.05, 0) is 25.1 Å². The third-order valence-corrected chi connectivity index (χ3v) is 6.12. The van der Waals surface area contributed by atoms with Gasteiger partial charge in [-0.3, -0.25) is 9.88 Å². The maximum Gasteiger partial charge on any atom is 0.182 e. The predicted molar refractivity (Wildman–Crippen MR) is 113 cm³/mol. The largest absolute Gasteiger partial charge is 0.381 e. The Morgan fingerprint density at radius 1 is 1.18 bits per heavy atom. The van der Waals surface area contributed by atoms with Crippen LogP contribution in [0.15, 0.2) is 55.4 Å². The van der Waals surface area contributed by atoms with Crippen LogP contribution in [-0.2, 0) is 25.2 Å². The van der Waals surface area contributed by atoms with Gasteiger partial charge in [0.2, 0.25) is 0 Å². The number of nitrogens with zero attached hydrogens (tertiary/aromatic N) is 8. The second-order valence-electron chi connectivity index (χ2n) is 8.10. The first-order valence-electron chi connectivity index (χ1n) is 10.5. The van der Waals surface area contributed by atoms with E-state index < -0.39 is 23.3 Å². The van der Waals surface area contributed by atoms with Crippen LogP contribution in [0.1, 0.15) is 18.3 Å². The van der Waals surface area contributed by atoms with Crippen LogP contribution in [0.3, 0.4) is 0 Å². The maximum atomic E-state index is 14.8. The molecule has 0 bridgehead atoms. The molecule has 1 N–H and O–H groups in total. The number of benzene rings is 1. The molecule has 0 spiro atoms. The van der Waals surface area contributed by atoms with Gasteiger partial charge in [-0.25, -0.2) is 28.1 Å². The highest BCUT2D eigenvalue weighted by molar-refractivity contribution is 5.52. The molecule has 0 radical (unpaired) electrons. The van der Waals surface area contributed by atoms with E-state index in [4.69, 9.17) is 0 Å². The molecule has 0 saturated heterocycles. The molecule has 9 nitrogen and oxygen atoms in total. The lowest BCUT2D eigenvalue weighted by atomic mass is 9.85. The SMILES string of the molecule is C[C@@H](N1CCn2nc(-c3cccnc3)nc2C1)[C@](O)(Cn1cncn1)c1ccc(F)cc1F. The van der Waals surface area contributed by atoms with Gasteiger partial charge in [-0.15, -0.1) is 0 Å².